The van der Waals surface area contributed by atoms with E-state index < -0.39 is 195 Å². The van der Waals surface area contributed by atoms with Gasteiger partial charge in [-0.2, -0.15) is 127 Å². The molecule has 2 nitrogen and oxygen atoms in total. The van der Waals surface area contributed by atoms with Gasteiger partial charge in [-0.25, -0.2) is 4.84 Å². The average molecular weight is 1050 g/mol. The first kappa shape index (κ1) is 55.4. The van der Waals surface area contributed by atoms with Crippen molar-refractivity contribution >= 4 is 28.0 Å². The van der Waals surface area contributed by atoms with E-state index in [1.807, 2.05) is 61.8 Å². The summed E-state index contributed by atoms with van der Waals surface area (Å²) in [6.07, 6.45) is -51.1. The SMILES string of the molecule is Cc1ccccc1O[n+]1ccccc1.FC(F)(F)c1cc([B-](c2cc(C(F)(F)F)cc(C(F)(F)F)c2)(c2cc(C(F)(F)F)cc(C(F)(F)F)c2)c2cc(C(F)(F)F)cc(C(F)(F)F)c2)cc(C(F)(F)F)c1. The van der Waals surface area contributed by atoms with Crippen molar-refractivity contribution in [2.75, 3.05) is 0 Å². The zero-order valence-corrected chi connectivity index (χ0v) is 34.6. The van der Waals surface area contributed by atoms with Crippen molar-refractivity contribution < 1.29 is 115 Å². The average Bonchev–Trinajstić information content (AvgIpc) is 3.22. The van der Waals surface area contributed by atoms with E-state index in [1.54, 1.807) is 4.73 Å². The molecule has 1 heterocycles. The molecule has 0 aliphatic rings. The normalized spacial score (nSPS) is 13.4. The second-order valence-electron chi connectivity index (χ2n) is 15.3. The lowest BCUT2D eigenvalue weighted by atomic mass is 9.12. The molecule has 5 aromatic carbocycles. The number of nitrogens with zero attached hydrogens (tertiary/aromatic N) is 1. The molecule has 0 aliphatic carbocycles. The summed E-state index contributed by atoms with van der Waals surface area (Å²) in [5.74, 6) is 0.878. The minimum Gasteiger partial charge on any atom is -0.231 e. The molecule has 0 aliphatic heterocycles. The van der Waals surface area contributed by atoms with Gasteiger partial charge in [-0.15, -0.1) is 0 Å². The number of aromatic nitrogens is 1. The van der Waals surface area contributed by atoms with E-state index in [0.29, 0.717) is 0 Å². The number of pyridine rings is 1. The largest absolute Gasteiger partial charge is 0.416 e. The van der Waals surface area contributed by atoms with Crippen LogP contribution in [0.5, 0.6) is 5.75 Å². The van der Waals surface area contributed by atoms with Crippen molar-refractivity contribution in [3.05, 3.63) is 178 Å². The number of aryl methyl sites for hydroxylation is 1. The van der Waals surface area contributed by atoms with Crippen molar-refractivity contribution in [3.63, 3.8) is 0 Å². The third kappa shape index (κ3) is 12.9. The number of para-hydroxylation sites is 1. The van der Waals surface area contributed by atoms with Crippen LogP contribution in [0.2, 0.25) is 0 Å². The molecule has 0 amide bonds. The zero-order valence-electron chi connectivity index (χ0n) is 34.6. The lowest BCUT2D eigenvalue weighted by Gasteiger charge is -2.46. The maximum Gasteiger partial charge on any atom is 0.416 e. The summed E-state index contributed by atoms with van der Waals surface area (Å²) < 4.78 is 343. The minimum absolute atomic E-state index is 0.691. The van der Waals surface area contributed by atoms with E-state index >= 15 is 0 Å². The highest BCUT2D eigenvalue weighted by molar-refractivity contribution is 7.20. The Morgan fingerprint density at radius 1 is 0.310 bits per heavy atom. The molecule has 382 valence electrons. The van der Waals surface area contributed by atoms with E-state index in [2.05, 4.69) is 0 Å². The lowest BCUT2D eigenvalue weighted by Crippen LogP contribution is -2.75. The Labute approximate surface area is 382 Å². The number of benzene rings is 5. The van der Waals surface area contributed by atoms with Crippen molar-refractivity contribution in [1.82, 2.24) is 0 Å². The molecule has 6 rings (SSSR count). The lowest BCUT2D eigenvalue weighted by molar-refractivity contribution is -0.875. The van der Waals surface area contributed by atoms with Crippen LogP contribution < -0.4 is 31.4 Å². The zero-order chi connectivity index (χ0) is 53.7. The van der Waals surface area contributed by atoms with Gasteiger partial charge in [-0.05, 0) is 42.8 Å². The van der Waals surface area contributed by atoms with Crippen LogP contribution in [0.25, 0.3) is 0 Å². The Balaban J connectivity index is 0.000000569. The smallest absolute Gasteiger partial charge is 0.231 e. The molecule has 0 N–H and O–H groups in total. The van der Waals surface area contributed by atoms with E-state index in [-0.39, 0.29) is 0 Å². The molecule has 0 bridgehead atoms. The number of hydrogen-bond acceptors (Lipinski definition) is 1. The van der Waals surface area contributed by atoms with Gasteiger partial charge < -0.3 is 0 Å². The minimum atomic E-state index is -6.13. The predicted molar refractivity (Wildman–Crippen MR) is 204 cm³/mol. The van der Waals surface area contributed by atoms with Crippen LogP contribution >= 0.6 is 0 Å². The highest BCUT2D eigenvalue weighted by Gasteiger charge is 2.47. The van der Waals surface area contributed by atoms with Gasteiger partial charge in [0.1, 0.15) is 6.15 Å². The van der Waals surface area contributed by atoms with Gasteiger partial charge in [0.2, 0.25) is 18.1 Å². The molecule has 0 unspecified atom stereocenters. The van der Waals surface area contributed by atoms with Crippen molar-refractivity contribution in [2.24, 2.45) is 0 Å². The molecular formula is C44H24BF24NO. The van der Waals surface area contributed by atoms with Gasteiger partial charge in [-0.1, -0.05) is 72.8 Å². The van der Waals surface area contributed by atoms with Crippen LogP contribution in [-0.2, 0) is 49.4 Å². The van der Waals surface area contributed by atoms with Crippen LogP contribution in [0.3, 0.4) is 0 Å². The van der Waals surface area contributed by atoms with Crippen molar-refractivity contribution in [3.8, 4) is 5.75 Å². The van der Waals surface area contributed by atoms with Gasteiger partial charge in [0, 0.05) is 16.9 Å². The van der Waals surface area contributed by atoms with Crippen LogP contribution in [0, 0.1) is 6.92 Å². The first-order valence-corrected chi connectivity index (χ1v) is 19.2. The second kappa shape index (κ2) is 18.9. The molecule has 0 atom stereocenters. The van der Waals surface area contributed by atoms with Crippen LogP contribution in [0.4, 0.5) is 105 Å². The van der Waals surface area contributed by atoms with Crippen molar-refractivity contribution in [1.29, 1.82) is 0 Å². The Morgan fingerprint density at radius 3 is 0.746 bits per heavy atom. The molecular weight excluding hydrogens is 1030 g/mol. The highest BCUT2D eigenvalue weighted by atomic mass is 19.4. The monoisotopic (exact) mass is 1050 g/mol. The summed E-state index contributed by atoms with van der Waals surface area (Å²) in [5, 5.41) is 0. The number of rotatable bonds is 6. The molecule has 0 fully saturated rings. The molecule has 0 saturated carbocycles. The molecule has 0 saturated heterocycles. The Bertz CT molecular complexity index is 2410. The summed E-state index contributed by atoms with van der Waals surface area (Å²) in [6, 6.07) is 4.95. The fourth-order valence-electron chi connectivity index (χ4n) is 7.29. The summed E-state index contributed by atoms with van der Waals surface area (Å²) in [5.41, 5.74) is -29.1. The first-order chi connectivity index (χ1) is 32.1. The van der Waals surface area contributed by atoms with Crippen LogP contribution in [-0.4, -0.2) is 6.15 Å². The van der Waals surface area contributed by atoms with Gasteiger partial charge in [-0.3, -0.25) is 0 Å². The van der Waals surface area contributed by atoms with Crippen molar-refractivity contribution in [2.45, 2.75) is 56.3 Å². The fraction of sp³-hybridized carbons (Fsp3) is 0.205. The maximum absolute atomic E-state index is 14.2. The van der Waals surface area contributed by atoms with Crippen LogP contribution in [0.15, 0.2) is 128 Å². The first-order valence-electron chi connectivity index (χ1n) is 19.2. The molecule has 0 spiro atoms. The standard InChI is InChI=1S/C32H12BF24.C12H12NO/c34-25(35,36)13-1-14(26(37,38)39)6-21(5-13)33(22-7-15(27(40,41)42)2-16(8-22)28(43,44)45,23-9-17(29(46,47)48)3-18(10-23)30(49,50)51)24-11-19(31(52,53)54)4-20(12-24)32(55,56)57;1-11-7-3-4-8-12(11)14-13-9-5-2-6-10-13/h1-12H;2-10H,1H3/q-1;+1. The molecule has 1 aromatic heterocycles. The Kier molecular flexibility index (Phi) is 14.7. The summed E-state index contributed by atoms with van der Waals surface area (Å²) in [7, 11) is 0. The topological polar surface area (TPSA) is 13.1 Å². The number of hydrogen-bond donors (Lipinski definition) is 0. The van der Waals surface area contributed by atoms with E-state index in [1.165, 1.54) is 0 Å². The number of alkyl halides is 24. The number of halogens is 24. The predicted octanol–water partition coefficient (Wildman–Crippen LogP) is 13.3. The van der Waals surface area contributed by atoms with E-state index in [9.17, 15) is 105 Å². The second-order valence-corrected chi connectivity index (χ2v) is 15.3. The van der Waals surface area contributed by atoms with Gasteiger partial charge in [0.25, 0.3) is 0 Å². The van der Waals surface area contributed by atoms with Gasteiger partial charge in [0.15, 0.2) is 0 Å². The van der Waals surface area contributed by atoms with Gasteiger partial charge >= 0.3 is 49.4 Å². The van der Waals surface area contributed by atoms with Crippen LogP contribution in [0.1, 0.15) is 50.1 Å². The Morgan fingerprint density at radius 2 is 0.535 bits per heavy atom. The molecule has 0 radical (unpaired) electrons. The van der Waals surface area contributed by atoms with Gasteiger partial charge in [0.05, 0.1) is 44.5 Å². The molecule has 71 heavy (non-hydrogen) atoms. The van der Waals surface area contributed by atoms with E-state index in [0.717, 1.165) is 11.3 Å². The summed E-state index contributed by atoms with van der Waals surface area (Å²) in [6.45, 7) is 2.03. The molecule has 27 heteroatoms. The molecule has 6 aromatic rings. The maximum atomic E-state index is 14.2. The fourth-order valence-corrected chi connectivity index (χ4v) is 7.29. The quantitative estimate of drug-likeness (QED) is 0.0920. The Hall–Kier alpha value is -6.57. The van der Waals surface area contributed by atoms with E-state index in [4.69, 9.17) is 4.84 Å². The third-order valence-corrected chi connectivity index (χ3v) is 10.4. The highest BCUT2D eigenvalue weighted by Crippen LogP contribution is 2.41. The summed E-state index contributed by atoms with van der Waals surface area (Å²) in [4.78, 5) is 5.63. The summed E-state index contributed by atoms with van der Waals surface area (Å²) >= 11 is 0. The third-order valence-electron chi connectivity index (χ3n) is 10.4.